The summed E-state index contributed by atoms with van der Waals surface area (Å²) in [6.07, 6.45) is 2.23. The lowest BCUT2D eigenvalue weighted by Gasteiger charge is -2.19. The molecule has 1 heterocycles. The van der Waals surface area contributed by atoms with Crippen molar-refractivity contribution in [3.05, 3.63) is 75.7 Å². The topological polar surface area (TPSA) is 64.0 Å². The van der Waals surface area contributed by atoms with Gasteiger partial charge in [0.25, 0.3) is 5.56 Å². The van der Waals surface area contributed by atoms with E-state index >= 15 is 0 Å². The highest BCUT2D eigenvalue weighted by Crippen LogP contribution is 2.41. The number of aryl methyl sites for hydroxylation is 2. The molecule has 138 valence electrons. The van der Waals surface area contributed by atoms with Gasteiger partial charge in [-0.25, -0.2) is 4.68 Å². The van der Waals surface area contributed by atoms with Crippen molar-refractivity contribution >= 4 is 16.7 Å². The van der Waals surface area contributed by atoms with Gasteiger partial charge in [0.05, 0.1) is 17.1 Å². The van der Waals surface area contributed by atoms with E-state index < -0.39 is 0 Å². The van der Waals surface area contributed by atoms with Crippen LogP contribution in [0.2, 0.25) is 0 Å². The molecule has 5 heteroatoms. The van der Waals surface area contributed by atoms with Gasteiger partial charge in [-0.2, -0.15) is 5.10 Å². The van der Waals surface area contributed by atoms with Crippen LogP contribution < -0.4 is 10.9 Å². The highest BCUT2D eigenvalue weighted by Gasteiger charge is 2.33. The van der Waals surface area contributed by atoms with E-state index in [4.69, 9.17) is 0 Å². The van der Waals surface area contributed by atoms with Gasteiger partial charge in [0.1, 0.15) is 6.54 Å². The summed E-state index contributed by atoms with van der Waals surface area (Å²) in [5, 5.41) is 8.88. The molecule has 0 spiro atoms. The fraction of sp³-hybridized carbons (Fsp3) is 0.318. The molecule has 5 nitrogen and oxygen atoms in total. The first-order valence-corrected chi connectivity index (χ1v) is 9.35. The molecule has 0 aliphatic heterocycles. The maximum absolute atomic E-state index is 12.7. The molecule has 1 aliphatic carbocycles. The van der Waals surface area contributed by atoms with Gasteiger partial charge in [-0.3, -0.25) is 9.59 Å². The molecule has 27 heavy (non-hydrogen) atoms. The fourth-order valence-electron chi connectivity index (χ4n) is 3.54. The van der Waals surface area contributed by atoms with Gasteiger partial charge in [-0.05, 0) is 44.2 Å². The Balaban J connectivity index is 1.57. The zero-order valence-electron chi connectivity index (χ0n) is 15.6. The summed E-state index contributed by atoms with van der Waals surface area (Å²) in [4.78, 5) is 25.4. The third kappa shape index (κ3) is 3.63. The van der Waals surface area contributed by atoms with Crippen molar-refractivity contribution in [1.29, 1.82) is 0 Å². The minimum atomic E-state index is -0.232. The Morgan fingerprint density at radius 2 is 1.78 bits per heavy atom. The van der Waals surface area contributed by atoms with E-state index in [1.165, 1.54) is 10.2 Å². The first-order chi connectivity index (χ1) is 13.0. The van der Waals surface area contributed by atoms with Crippen LogP contribution in [0.4, 0.5) is 0 Å². The molecule has 4 rings (SSSR count). The minimum absolute atomic E-state index is 0.00430. The standard InChI is InChI=1S/C22H23N3O2/c1-14-7-9-16(10-8-14)21(17-11-12-17)23-20(26)13-25-22(27)19-6-4-3-5-18(19)15(2)24-25/h3-10,17,21H,11-13H2,1-2H3,(H,23,26)/t21-/m1/s1. The molecule has 2 aromatic carbocycles. The summed E-state index contributed by atoms with van der Waals surface area (Å²) in [6, 6.07) is 15.6. The smallest absolute Gasteiger partial charge is 0.275 e. The lowest BCUT2D eigenvalue weighted by atomic mass is 10.0. The van der Waals surface area contributed by atoms with Crippen LogP contribution >= 0.6 is 0 Å². The summed E-state index contributed by atoms with van der Waals surface area (Å²) in [5.41, 5.74) is 2.83. The number of hydrogen-bond donors (Lipinski definition) is 1. The Hall–Kier alpha value is -2.95. The minimum Gasteiger partial charge on any atom is -0.347 e. The first kappa shape index (κ1) is 17.5. The number of carbonyl (C=O) groups excluding carboxylic acids is 1. The monoisotopic (exact) mass is 361 g/mol. The first-order valence-electron chi connectivity index (χ1n) is 9.35. The van der Waals surface area contributed by atoms with Crippen molar-refractivity contribution in [1.82, 2.24) is 15.1 Å². The van der Waals surface area contributed by atoms with Crippen LogP contribution in [-0.4, -0.2) is 15.7 Å². The average molecular weight is 361 g/mol. The Kier molecular flexibility index (Phi) is 4.52. The third-order valence-electron chi connectivity index (χ3n) is 5.19. The summed E-state index contributed by atoms with van der Waals surface area (Å²) < 4.78 is 1.27. The second-order valence-electron chi connectivity index (χ2n) is 7.39. The zero-order chi connectivity index (χ0) is 19.0. The number of nitrogens with zero attached hydrogens (tertiary/aromatic N) is 2. The maximum Gasteiger partial charge on any atom is 0.275 e. The molecular formula is C22H23N3O2. The summed E-state index contributed by atoms with van der Waals surface area (Å²) in [5.74, 6) is 0.288. The summed E-state index contributed by atoms with van der Waals surface area (Å²) in [6.45, 7) is 3.84. The van der Waals surface area contributed by atoms with Gasteiger partial charge in [-0.1, -0.05) is 48.0 Å². The molecule has 1 aliphatic rings. The van der Waals surface area contributed by atoms with Crippen LogP contribution in [0.15, 0.2) is 53.3 Å². The molecule has 1 saturated carbocycles. The van der Waals surface area contributed by atoms with E-state index in [0.717, 1.165) is 29.5 Å². The predicted octanol–water partition coefficient (Wildman–Crippen LogP) is 3.28. The third-order valence-corrected chi connectivity index (χ3v) is 5.19. The molecular weight excluding hydrogens is 338 g/mol. The molecule has 1 amide bonds. The van der Waals surface area contributed by atoms with Gasteiger partial charge in [0.15, 0.2) is 0 Å². The Morgan fingerprint density at radius 3 is 2.44 bits per heavy atom. The normalized spacial score (nSPS) is 14.9. The van der Waals surface area contributed by atoms with Crippen LogP contribution in [0.5, 0.6) is 0 Å². The Morgan fingerprint density at radius 1 is 1.11 bits per heavy atom. The predicted molar refractivity (Wildman–Crippen MR) is 106 cm³/mol. The number of fused-ring (bicyclic) bond motifs is 1. The van der Waals surface area contributed by atoms with Crippen molar-refractivity contribution in [3.8, 4) is 0 Å². The SMILES string of the molecule is Cc1ccc([C@@H](NC(=O)Cn2nc(C)c3ccccc3c2=O)C2CC2)cc1. The highest BCUT2D eigenvalue weighted by molar-refractivity contribution is 5.83. The van der Waals surface area contributed by atoms with Crippen LogP contribution in [0.1, 0.15) is 35.7 Å². The van der Waals surface area contributed by atoms with Crippen molar-refractivity contribution < 1.29 is 4.79 Å². The summed E-state index contributed by atoms with van der Waals surface area (Å²) >= 11 is 0. The number of nitrogens with one attached hydrogen (secondary N) is 1. The molecule has 3 aromatic rings. The van der Waals surface area contributed by atoms with E-state index in [9.17, 15) is 9.59 Å². The van der Waals surface area contributed by atoms with Crippen LogP contribution in [0, 0.1) is 19.8 Å². The molecule has 1 atom stereocenters. The van der Waals surface area contributed by atoms with Gasteiger partial charge < -0.3 is 5.32 Å². The van der Waals surface area contributed by atoms with E-state index in [1.807, 2.05) is 25.1 Å². The van der Waals surface area contributed by atoms with Gasteiger partial charge in [-0.15, -0.1) is 0 Å². The molecule has 1 N–H and O–H groups in total. The van der Waals surface area contributed by atoms with E-state index in [2.05, 4.69) is 41.6 Å². The average Bonchev–Trinajstić information content (AvgIpc) is 3.50. The van der Waals surface area contributed by atoms with Gasteiger partial charge >= 0.3 is 0 Å². The van der Waals surface area contributed by atoms with Crippen molar-refractivity contribution in [2.45, 2.75) is 39.3 Å². The van der Waals surface area contributed by atoms with Crippen LogP contribution in [-0.2, 0) is 11.3 Å². The van der Waals surface area contributed by atoms with E-state index in [1.54, 1.807) is 6.07 Å². The quantitative estimate of drug-likeness (QED) is 0.758. The number of aromatic nitrogens is 2. The van der Waals surface area contributed by atoms with E-state index in [0.29, 0.717) is 11.3 Å². The van der Waals surface area contributed by atoms with Crippen LogP contribution in [0.25, 0.3) is 10.8 Å². The fourth-order valence-corrected chi connectivity index (χ4v) is 3.54. The molecule has 0 unspecified atom stereocenters. The van der Waals surface area contributed by atoms with Crippen molar-refractivity contribution in [3.63, 3.8) is 0 Å². The largest absolute Gasteiger partial charge is 0.347 e. The molecule has 1 fully saturated rings. The van der Waals surface area contributed by atoms with Gasteiger partial charge in [0.2, 0.25) is 5.91 Å². The highest BCUT2D eigenvalue weighted by atomic mass is 16.2. The maximum atomic E-state index is 12.7. The molecule has 1 aromatic heterocycles. The van der Waals surface area contributed by atoms with Crippen molar-refractivity contribution in [2.75, 3.05) is 0 Å². The van der Waals surface area contributed by atoms with E-state index in [-0.39, 0.29) is 24.1 Å². The second-order valence-corrected chi connectivity index (χ2v) is 7.39. The van der Waals surface area contributed by atoms with Crippen LogP contribution in [0.3, 0.4) is 0 Å². The number of benzene rings is 2. The molecule has 0 radical (unpaired) electrons. The summed E-state index contributed by atoms with van der Waals surface area (Å²) in [7, 11) is 0. The number of carbonyl (C=O) groups is 1. The lowest BCUT2D eigenvalue weighted by Crippen LogP contribution is -2.36. The lowest BCUT2D eigenvalue weighted by molar-refractivity contribution is -0.122. The number of hydrogen-bond acceptors (Lipinski definition) is 3. The second kappa shape index (κ2) is 6.99. The van der Waals surface area contributed by atoms with Gasteiger partial charge in [0, 0.05) is 5.39 Å². The molecule has 0 bridgehead atoms. The van der Waals surface area contributed by atoms with Crippen molar-refractivity contribution in [2.24, 2.45) is 5.92 Å². The zero-order valence-corrected chi connectivity index (χ0v) is 15.6. The number of rotatable bonds is 5. The number of amides is 1. The molecule has 0 saturated heterocycles. The Labute approximate surface area is 158 Å². The Bertz CT molecular complexity index is 1050.